The number of hydrogen-bond acceptors (Lipinski definition) is 4. The van der Waals surface area contributed by atoms with Gasteiger partial charge in [-0.3, -0.25) is 4.99 Å². The van der Waals surface area contributed by atoms with Crippen molar-refractivity contribution in [3.05, 3.63) is 24.2 Å². The fraction of sp³-hybridized carbons (Fsp3) is 0.706. The van der Waals surface area contributed by atoms with Gasteiger partial charge < -0.3 is 24.7 Å². The molecule has 0 radical (unpaired) electrons. The smallest absolute Gasteiger partial charge is 0.191 e. The van der Waals surface area contributed by atoms with Gasteiger partial charge in [0.25, 0.3) is 0 Å². The molecule has 0 aromatic carbocycles. The summed E-state index contributed by atoms with van der Waals surface area (Å²) in [6.45, 7) is 5.10. The Hall–Kier alpha value is -0.800. The summed E-state index contributed by atoms with van der Waals surface area (Å²) in [5.41, 5.74) is 0. The second-order valence-corrected chi connectivity index (χ2v) is 5.93. The molecule has 2 rings (SSSR count). The number of methoxy groups -OCH3 is 1. The van der Waals surface area contributed by atoms with Crippen LogP contribution in [0.3, 0.4) is 0 Å². The average Bonchev–Trinajstić information content (AvgIpc) is 3.09. The number of furan rings is 1. The van der Waals surface area contributed by atoms with E-state index in [2.05, 4.69) is 20.5 Å². The second-order valence-electron chi connectivity index (χ2n) is 5.93. The number of halogens is 1. The van der Waals surface area contributed by atoms with Gasteiger partial charge in [-0.05, 0) is 31.4 Å². The molecule has 24 heavy (non-hydrogen) atoms. The molecule has 1 aromatic heterocycles. The number of guanidine groups is 1. The van der Waals surface area contributed by atoms with Crippen molar-refractivity contribution >= 4 is 29.9 Å². The van der Waals surface area contributed by atoms with Crippen molar-refractivity contribution < 1.29 is 9.15 Å². The minimum atomic E-state index is 0. The van der Waals surface area contributed by atoms with Crippen molar-refractivity contribution in [3.63, 3.8) is 0 Å². The third-order valence-electron chi connectivity index (χ3n) is 4.22. The number of rotatable bonds is 8. The van der Waals surface area contributed by atoms with Gasteiger partial charge in [-0.2, -0.15) is 0 Å². The Balaban J connectivity index is 0.00000288. The van der Waals surface area contributed by atoms with E-state index >= 15 is 0 Å². The van der Waals surface area contributed by atoms with Crippen molar-refractivity contribution in [2.75, 3.05) is 46.9 Å². The summed E-state index contributed by atoms with van der Waals surface area (Å²) in [7, 11) is 3.59. The van der Waals surface area contributed by atoms with E-state index in [1.54, 1.807) is 13.4 Å². The van der Waals surface area contributed by atoms with Crippen LogP contribution in [0, 0.1) is 0 Å². The zero-order valence-electron chi connectivity index (χ0n) is 14.8. The molecule has 1 aromatic rings. The van der Waals surface area contributed by atoms with E-state index in [0.717, 1.165) is 70.2 Å². The molecule has 0 saturated carbocycles. The Kier molecular flexibility index (Phi) is 11.1. The van der Waals surface area contributed by atoms with E-state index < -0.39 is 0 Å². The monoisotopic (exact) mass is 450 g/mol. The molecule has 1 aliphatic rings. The molecular weight excluding hydrogens is 419 g/mol. The van der Waals surface area contributed by atoms with E-state index in [9.17, 15) is 0 Å². The lowest BCUT2D eigenvalue weighted by Crippen LogP contribution is -2.49. The van der Waals surface area contributed by atoms with Gasteiger partial charge in [0.2, 0.25) is 0 Å². The molecule has 0 aliphatic carbocycles. The third-order valence-corrected chi connectivity index (χ3v) is 4.22. The maximum Gasteiger partial charge on any atom is 0.191 e. The van der Waals surface area contributed by atoms with Crippen LogP contribution in [0.1, 0.15) is 25.0 Å². The van der Waals surface area contributed by atoms with Gasteiger partial charge >= 0.3 is 0 Å². The van der Waals surface area contributed by atoms with Gasteiger partial charge in [0.15, 0.2) is 5.96 Å². The van der Waals surface area contributed by atoms with E-state index in [0.29, 0.717) is 6.04 Å². The summed E-state index contributed by atoms with van der Waals surface area (Å²) >= 11 is 0. The van der Waals surface area contributed by atoms with E-state index in [1.165, 1.54) is 0 Å². The highest BCUT2D eigenvalue weighted by Gasteiger charge is 2.19. The Morgan fingerprint density at radius 1 is 1.42 bits per heavy atom. The highest BCUT2D eigenvalue weighted by Crippen LogP contribution is 2.10. The molecule has 138 valence electrons. The van der Waals surface area contributed by atoms with Crippen molar-refractivity contribution in [2.45, 2.75) is 31.7 Å². The van der Waals surface area contributed by atoms with Crippen LogP contribution < -0.4 is 10.6 Å². The molecule has 7 heteroatoms. The molecule has 0 unspecified atom stereocenters. The van der Waals surface area contributed by atoms with Crippen LogP contribution in [0.4, 0.5) is 0 Å². The first-order valence-electron chi connectivity index (χ1n) is 8.52. The number of hydrogen-bond donors (Lipinski definition) is 2. The summed E-state index contributed by atoms with van der Waals surface area (Å²) in [5, 5.41) is 6.89. The van der Waals surface area contributed by atoms with Crippen LogP contribution in [0.15, 0.2) is 27.8 Å². The maximum atomic E-state index is 5.34. The lowest BCUT2D eigenvalue weighted by atomic mass is 10.1. The standard InChI is InChI=1S/C17H30N4O2.HI/c1-18-17(19-9-6-16-5-3-14-23-16)20-15-7-11-21(12-8-15)10-4-13-22-2;/h3,5,14-15H,4,6-13H2,1-2H3,(H2,18,19,20);1H. The summed E-state index contributed by atoms with van der Waals surface area (Å²) in [4.78, 5) is 6.83. The van der Waals surface area contributed by atoms with Crippen molar-refractivity contribution in [3.8, 4) is 0 Å². The molecule has 0 spiro atoms. The molecule has 0 bridgehead atoms. The minimum absolute atomic E-state index is 0. The summed E-state index contributed by atoms with van der Waals surface area (Å²) in [6, 6.07) is 4.42. The number of nitrogens with zero attached hydrogens (tertiary/aromatic N) is 2. The van der Waals surface area contributed by atoms with Crippen LogP contribution in [-0.4, -0.2) is 63.8 Å². The zero-order valence-corrected chi connectivity index (χ0v) is 17.1. The molecule has 0 atom stereocenters. The highest BCUT2D eigenvalue weighted by molar-refractivity contribution is 14.0. The zero-order chi connectivity index (χ0) is 16.3. The Bertz CT molecular complexity index is 445. The van der Waals surface area contributed by atoms with Crippen molar-refractivity contribution in [1.29, 1.82) is 0 Å². The molecule has 1 saturated heterocycles. The molecule has 6 nitrogen and oxygen atoms in total. The second kappa shape index (κ2) is 12.5. The molecule has 0 amide bonds. The van der Waals surface area contributed by atoms with Crippen LogP contribution in [-0.2, 0) is 11.2 Å². The Morgan fingerprint density at radius 2 is 2.21 bits per heavy atom. The SMILES string of the molecule is CN=C(NCCc1ccco1)NC1CCN(CCCOC)CC1.I. The first kappa shape index (κ1) is 21.2. The third kappa shape index (κ3) is 7.85. The predicted octanol–water partition coefficient (Wildman–Crippen LogP) is 2.11. The summed E-state index contributed by atoms with van der Waals surface area (Å²) < 4.78 is 10.5. The number of aliphatic imine (C=N–C) groups is 1. The molecule has 1 aliphatic heterocycles. The van der Waals surface area contributed by atoms with Crippen LogP contribution >= 0.6 is 24.0 Å². The topological polar surface area (TPSA) is 62.0 Å². The van der Waals surface area contributed by atoms with Gasteiger partial charge in [-0.15, -0.1) is 24.0 Å². The Morgan fingerprint density at radius 3 is 2.83 bits per heavy atom. The van der Waals surface area contributed by atoms with E-state index in [-0.39, 0.29) is 24.0 Å². The van der Waals surface area contributed by atoms with Crippen molar-refractivity contribution in [1.82, 2.24) is 15.5 Å². The highest BCUT2D eigenvalue weighted by atomic mass is 127. The number of likely N-dealkylation sites (tertiary alicyclic amines) is 1. The van der Waals surface area contributed by atoms with Gasteiger partial charge in [-0.25, -0.2) is 0 Å². The van der Waals surface area contributed by atoms with E-state index in [4.69, 9.17) is 9.15 Å². The summed E-state index contributed by atoms with van der Waals surface area (Å²) in [6.07, 6.45) is 6.01. The van der Waals surface area contributed by atoms with Crippen LogP contribution in [0.25, 0.3) is 0 Å². The largest absolute Gasteiger partial charge is 0.469 e. The molecule has 2 N–H and O–H groups in total. The predicted molar refractivity (Wildman–Crippen MR) is 108 cm³/mol. The fourth-order valence-electron chi connectivity index (χ4n) is 2.88. The molecule has 2 heterocycles. The van der Waals surface area contributed by atoms with Crippen LogP contribution in [0.2, 0.25) is 0 Å². The molecule has 1 fully saturated rings. The van der Waals surface area contributed by atoms with Gasteiger partial charge in [0, 0.05) is 59.4 Å². The van der Waals surface area contributed by atoms with Gasteiger partial charge in [0.05, 0.1) is 6.26 Å². The van der Waals surface area contributed by atoms with Gasteiger partial charge in [-0.1, -0.05) is 0 Å². The average molecular weight is 450 g/mol. The summed E-state index contributed by atoms with van der Waals surface area (Å²) in [5.74, 6) is 1.88. The normalized spacial score (nSPS) is 16.7. The first-order chi connectivity index (χ1) is 11.3. The van der Waals surface area contributed by atoms with Gasteiger partial charge in [0.1, 0.15) is 5.76 Å². The van der Waals surface area contributed by atoms with E-state index in [1.807, 2.05) is 19.2 Å². The van der Waals surface area contributed by atoms with Crippen LogP contribution in [0.5, 0.6) is 0 Å². The fourth-order valence-corrected chi connectivity index (χ4v) is 2.88. The minimum Gasteiger partial charge on any atom is -0.469 e. The number of piperidine rings is 1. The lowest BCUT2D eigenvalue weighted by Gasteiger charge is -2.33. The van der Waals surface area contributed by atoms with Crippen molar-refractivity contribution in [2.24, 2.45) is 4.99 Å². The maximum absolute atomic E-state index is 5.34. The lowest BCUT2D eigenvalue weighted by molar-refractivity contribution is 0.155. The quantitative estimate of drug-likeness (QED) is 0.275. The number of nitrogens with one attached hydrogen (secondary N) is 2. The first-order valence-corrected chi connectivity index (χ1v) is 8.52. The molecular formula is C17H31IN4O2. The Labute approximate surface area is 162 Å². The number of ether oxygens (including phenoxy) is 1.